The number of rotatable bonds is 5. The van der Waals surface area contributed by atoms with Crippen molar-refractivity contribution in [2.75, 3.05) is 26.0 Å². The van der Waals surface area contributed by atoms with Gasteiger partial charge in [-0.15, -0.1) is 0 Å². The van der Waals surface area contributed by atoms with E-state index in [2.05, 4.69) is 5.32 Å². The van der Waals surface area contributed by atoms with Crippen LogP contribution in [0.4, 0.5) is 4.39 Å². The average molecular weight is 208 g/mol. The molecule has 0 fully saturated rings. The van der Waals surface area contributed by atoms with Gasteiger partial charge in [0.15, 0.2) is 0 Å². The molecule has 0 amide bonds. The largest absolute Gasteiger partial charge is 0.304 e. The van der Waals surface area contributed by atoms with Gasteiger partial charge in [-0.25, -0.2) is 8.97 Å². The van der Waals surface area contributed by atoms with Gasteiger partial charge >= 0.3 is 5.17 Å². The molecule has 0 aliphatic heterocycles. The maximum atomic E-state index is 12.4. The van der Waals surface area contributed by atoms with E-state index < -0.39 is 6.17 Å². The monoisotopic (exact) mass is 208 g/mol. The fourth-order valence-electron chi connectivity index (χ4n) is 0.767. The van der Waals surface area contributed by atoms with E-state index in [1.54, 1.807) is 11.8 Å². The summed E-state index contributed by atoms with van der Waals surface area (Å²) >= 11 is 1.58. The van der Waals surface area contributed by atoms with E-state index in [9.17, 15) is 4.39 Å². The van der Waals surface area contributed by atoms with Gasteiger partial charge in [0.25, 0.3) is 0 Å². The Morgan fingerprint density at radius 1 is 1.69 bits per heavy atom. The minimum atomic E-state index is -0.812. The predicted octanol–water partition coefficient (Wildman–Crippen LogP) is 0.602. The van der Waals surface area contributed by atoms with Crippen LogP contribution >= 0.6 is 11.8 Å². The highest BCUT2D eigenvalue weighted by molar-refractivity contribution is 8.13. The normalized spacial score (nSPS) is 15.4. The molecule has 0 aliphatic carbocycles. The lowest BCUT2D eigenvalue weighted by Crippen LogP contribution is -2.34. The summed E-state index contributed by atoms with van der Waals surface area (Å²) in [5.74, 6) is 0.954. The molecular weight excluding hydrogens is 189 g/mol. The van der Waals surface area contributed by atoms with Gasteiger partial charge in [-0.05, 0) is 18.7 Å². The summed E-state index contributed by atoms with van der Waals surface area (Å²) in [5.41, 5.74) is 5.72. The predicted molar refractivity (Wildman–Crippen MR) is 57.0 cm³/mol. The molecule has 1 atom stereocenters. The second kappa shape index (κ2) is 7.15. The molecule has 0 rings (SSSR count). The average Bonchev–Trinajstić information content (AvgIpc) is 2.04. The lowest BCUT2D eigenvalue weighted by Gasteiger charge is -2.06. The van der Waals surface area contributed by atoms with Crippen molar-refractivity contribution in [1.29, 1.82) is 0 Å². The molecule has 0 spiro atoms. The van der Waals surface area contributed by atoms with E-state index in [4.69, 9.17) is 5.73 Å². The maximum Gasteiger partial charge on any atom is 0.304 e. The summed E-state index contributed by atoms with van der Waals surface area (Å²) < 4.78 is 14.2. The third kappa shape index (κ3) is 6.83. The van der Waals surface area contributed by atoms with Crippen LogP contribution in [0.1, 0.15) is 13.8 Å². The first-order chi connectivity index (χ1) is 6.07. The van der Waals surface area contributed by atoms with E-state index in [0.29, 0.717) is 13.2 Å². The Kier molecular flexibility index (Phi) is 6.99. The van der Waals surface area contributed by atoms with Gasteiger partial charge in [0.1, 0.15) is 12.8 Å². The fourth-order valence-corrected chi connectivity index (χ4v) is 1.35. The van der Waals surface area contributed by atoms with Crippen LogP contribution in [0, 0.1) is 0 Å². The molecule has 0 aromatic heterocycles. The molecule has 3 N–H and O–H groups in total. The zero-order chi connectivity index (χ0) is 10.3. The lowest BCUT2D eigenvalue weighted by molar-refractivity contribution is -0.500. The Bertz CT molecular complexity index is 171. The number of alkyl halides is 1. The first kappa shape index (κ1) is 12.7. The van der Waals surface area contributed by atoms with Crippen LogP contribution < -0.4 is 11.1 Å². The van der Waals surface area contributed by atoms with Crippen molar-refractivity contribution in [2.45, 2.75) is 20.0 Å². The standard InChI is InChI=1S/C8H18FN3S/c1-4-13-8(10)12(3)6-11-5-7(2)9/h7,10-11H,4-6H2,1-3H3/p+1. The van der Waals surface area contributed by atoms with Crippen LogP contribution in [0.2, 0.25) is 0 Å². The number of nitrogens with zero attached hydrogens (tertiary/aromatic N) is 1. The number of hydrogen-bond acceptors (Lipinski definition) is 2. The molecule has 0 radical (unpaired) electrons. The van der Waals surface area contributed by atoms with Crippen LogP contribution in [0.5, 0.6) is 0 Å². The van der Waals surface area contributed by atoms with Crippen molar-refractivity contribution in [3.63, 3.8) is 0 Å². The highest BCUT2D eigenvalue weighted by Crippen LogP contribution is 1.96. The van der Waals surface area contributed by atoms with Gasteiger partial charge in [0.2, 0.25) is 0 Å². The Labute approximate surface area is 83.6 Å². The number of hydrogen-bond donors (Lipinski definition) is 2. The number of nitrogens with two attached hydrogens (primary N) is 1. The summed E-state index contributed by atoms with van der Waals surface area (Å²) in [7, 11) is 1.88. The number of nitrogens with one attached hydrogen (secondary N) is 1. The molecule has 0 saturated carbocycles. The topological polar surface area (TPSA) is 41.1 Å². The molecule has 1 unspecified atom stereocenters. The molecule has 0 bridgehead atoms. The third-order valence-corrected chi connectivity index (χ3v) is 2.34. The number of thioether (sulfide) groups is 1. The van der Waals surface area contributed by atoms with Crippen LogP contribution in [0.15, 0.2) is 0 Å². The number of amidine groups is 1. The lowest BCUT2D eigenvalue weighted by atomic mass is 10.4. The van der Waals surface area contributed by atoms with Crippen LogP contribution in [0.25, 0.3) is 0 Å². The Morgan fingerprint density at radius 3 is 2.77 bits per heavy atom. The summed E-state index contributed by atoms with van der Waals surface area (Å²) in [6.45, 7) is 4.53. The third-order valence-electron chi connectivity index (χ3n) is 1.44. The van der Waals surface area contributed by atoms with Crippen molar-refractivity contribution in [3.8, 4) is 0 Å². The second-order valence-electron chi connectivity index (χ2n) is 2.86. The van der Waals surface area contributed by atoms with Crippen molar-refractivity contribution in [3.05, 3.63) is 0 Å². The fraction of sp³-hybridized carbons (Fsp3) is 0.875. The highest BCUT2D eigenvalue weighted by atomic mass is 32.2. The van der Waals surface area contributed by atoms with E-state index in [0.717, 1.165) is 10.9 Å². The molecule has 3 nitrogen and oxygen atoms in total. The zero-order valence-corrected chi connectivity index (χ0v) is 9.33. The SMILES string of the molecule is CCSC(N)=[N+](C)CNCC(C)F. The van der Waals surface area contributed by atoms with Crippen molar-refractivity contribution in [2.24, 2.45) is 5.73 Å². The molecule has 78 valence electrons. The van der Waals surface area contributed by atoms with E-state index in [1.807, 2.05) is 18.5 Å². The van der Waals surface area contributed by atoms with Gasteiger partial charge in [-0.2, -0.15) is 0 Å². The van der Waals surface area contributed by atoms with E-state index in [-0.39, 0.29) is 0 Å². The van der Waals surface area contributed by atoms with Crippen LogP contribution in [0.3, 0.4) is 0 Å². The van der Waals surface area contributed by atoms with Gasteiger partial charge in [0.05, 0.1) is 7.05 Å². The minimum Gasteiger partial charge on any atom is -0.281 e. The summed E-state index contributed by atoms with van der Waals surface area (Å²) in [5, 5.41) is 3.73. The molecule has 0 aromatic carbocycles. The highest BCUT2D eigenvalue weighted by Gasteiger charge is 2.03. The maximum absolute atomic E-state index is 12.4. The Hall–Kier alpha value is -0.290. The van der Waals surface area contributed by atoms with Gasteiger partial charge < -0.3 is 0 Å². The summed E-state index contributed by atoms with van der Waals surface area (Å²) in [4.78, 5) is 0. The first-order valence-electron chi connectivity index (χ1n) is 4.39. The molecule has 0 saturated heterocycles. The number of halogens is 1. The molecular formula is C8H19FN3S+. The minimum absolute atomic E-state index is 0.369. The van der Waals surface area contributed by atoms with Gasteiger partial charge in [0, 0.05) is 12.3 Å². The summed E-state index contributed by atoms with van der Waals surface area (Å²) in [6.07, 6.45) is -0.812. The molecule has 0 aromatic rings. The molecule has 13 heavy (non-hydrogen) atoms. The molecule has 0 heterocycles. The van der Waals surface area contributed by atoms with Gasteiger partial charge in [-0.3, -0.25) is 11.1 Å². The van der Waals surface area contributed by atoms with E-state index >= 15 is 0 Å². The van der Waals surface area contributed by atoms with Crippen molar-refractivity contribution < 1.29 is 8.97 Å². The first-order valence-corrected chi connectivity index (χ1v) is 5.37. The van der Waals surface area contributed by atoms with E-state index in [1.165, 1.54) is 6.92 Å². The zero-order valence-electron chi connectivity index (χ0n) is 8.51. The molecule has 5 heteroatoms. The smallest absolute Gasteiger partial charge is 0.281 e. The van der Waals surface area contributed by atoms with Crippen molar-refractivity contribution >= 4 is 16.9 Å². The second-order valence-corrected chi connectivity index (χ2v) is 4.15. The van der Waals surface area contributed by atoms with Gasteiger partial charge in [-0.1, -0.05) is 6.92 Å². The van der Waals surface area contributed by atoms with Crippen LogP contribution in [-0.4, -0.2) is 41.9 Å². The van der Waals surface area contributed by atoms with Crippen molar-refractivity contribution in [1.82, 2.24) is 5.32 Å². The molecule has 0 aliphatic rings. The Balaban J connectivity index is 3.71. The Morgan fingerprint density at radius 2 is 2.31 bits per heavy atom. The quantitative estimate of drug-likeness (QED) is 0.301. The van der Waals surface area contributed by atoms with Crippen LogP contribution in [-0.2, 0) is 0 Å². The summed E-state index contributed by atoms with van der Waals surface area (Å²) in [6, 6.07) is 0.